The van der Waals surface area contributed by atoms with Gasteiger partial charge in [0.15, 0.2) is 0 Å². The van der Waals surface area contributed by atoms with E-state index in [1.54, 1.807) is 31.2 Å². The van der Waals surface area contributed by atoms with Crippen molar-refractivity contribution in [2.75, 3.05) is 6.54 Å². The number of carboxylic acid groups (broad SMARTS) is 1. The van der Waals surface area contributed by atoms with E-state index in [4.69, 9.17) is 20.0 Å². The van der Waals surface area contributed by atoms with E-state index in [9.17, 15) is 27.6 Å². The third-order valence-electron chi connectivity index (χ3n) is 6.86. The lowest BCUT2D eigenvalue weighted by Gasteiger charge is -2.17. The van der Waals surface area contributed by atoms with Crippen molar-refractivity contribution in [3.63, 3.8) is 0 Å². The predicted octanol–water partition coefficient (Wildman–Crippen LogP) is 3.84. The molecule has 1 fully saturated rings. The molecule has 14 heteroatoms. The van der Waals surface area contributed by atoms with Gasteiger partial charge in [-0.15, -0.1) is 0 Å². The number of amidine groups is 1. The second-order valence-electron chi connectivity index (χ2n) is 10.3. The number of carbonyl (C=O) groups is 4. The average Bonchev–Trinajstić information content (AvgIpc) is 3.54. The molecule has 6 N–H and O–H groups in total. The molecule has 3 amide bonds. The third-order valence-corrected chi connectivity index (χ3v) is 6.86. The zero-order valence-corrected chi connectivity index (χ0v) is 24.8. The van der Waals surface area contributed by atoms with E-state index in [2.05, 4.69) is 33.4 Å². The van der Waals surface area contributed by atoms with Crippen LogP contribution in [0.4, 0.5) is 18.0 Å². The Balaban J connectivity index is 0.000000738. The van der Waals surface area contributed by atoms with E-state index >= 15 is 0 Å². The van der Waals surface area contributed by atoms with Gasteiger partial charge in [0.1, 0.15) is 18.5 Å². The molecule has 46 heavy (non-hydrogen) atoms. The molecule has 0 unspecified atom stereocenters. The molecule has 3 atom stereocenters. The molecule has 0 aromatic heterocycles. The Labute approximate surface area is 263 Å². The summed E-state index contributed by atoms with van der Waals surface area (Å²) in [6, 6.07) is 25.2. The summed E-state index contributed by atoms with van der Waals surface area (Å²) in [6.07, 6.45) is -5.11. The van der Waals surface area contributed by atoms with Gasteiger partial charge in [0.2, 0.25) is 11.8 Å². The van der Waals surface area contributed by atoms with Crippen LogP contribution in [0.3, 0.4) is 0 Å². The predicted molar refractivity (Wildman–Crippen MR) is 162 cm³/mol. The van der Waals surface area contributed by atoms with E-state index in [1.165, 1.54) is 5.56 Å². The van der Waals surface area contributed by atoms with Crippen molar-refractivity contribution in [2.45, 2.75) is 50.7 Å². The highest BCUT2D eigenvalue weighted by Gasteiger charge is 2.38. The molecule has 1 aliphatic rings. The first kappa shape index (κ1) is 35.2. The van der Waals surface area contributed by atoms with Crippen molar-refractivity contribution in [1.82, 2.24) is 21.3 Å². The van der Waals surface area contributed by atoms with Gasteiger partial charge in [-0.1, -0.05) is 84.9 Å². The Kier molecular flexibility index (Phi) is 12.8. The zero-order chi connectivity index (χ0) is 33.7. The van der Waals surface area contributed by atoms with Gasteiger partial charge in [-0.3, -0.25) is 20.3 Å². The van der Waals surface area contributed by atoms with Crippen LogP contribution in [-0.4, -0.2) is 59.6 Å². The summed E-state index contributed by atoms with van der Waals surface area (Å²) in [7, 11) is 0. The lowest BCUT2D eigenvalue weighted by Crippen LogP contribution is -2.49. The molecule has 3 aromatic carbocycles. The van der Waals surface area contributed by atoms with E-state index in [0.717, 1.165) is 17.7 Å². The second kappa shape index (κ2) is 16.7. The van der Waals surface area contributed by atoms with Gasteiger partial charge in [0.25, 0.3) is 0 Å². The fourth-order valence-corrected chi connectivity index (χ4v) is 4.36. The average molecular weight is 642 g/mol. The molecule has 1 heterocycles. The largest absolute Gasteiger partial charge is 0.490 e. The molecule has 0 saturated carbocycles. The normalized spacial score (nSPS) is 16.2. The molecular formula is C32H34F3N5O6. The molecule has 3 aromatic rings. The summed E-state index contributed by atoms with van der Waals surface area (Å²) < 4.78 is 36.9. The number of rotatable bonds is 9. The summed E-state index contributed by atoms with van der Waals surface area (Å²) in [6.45, 7) is 2.75. The van der Waals surface area contributed by atoms with E-state index in [-0.39, 0.29) is 42.8 Å². The van der Waals surface area contributed by atoms with Crippen LogP contribution in [0.1, 0.15) is 41.5 Å². The SMILES string of the molecule is C[C@H](NC(=O)[C@H]1C[C@H](c2ccccc2)CN1)C(=O)NCc1ccc(C(=N)NC(=O)OCc2ccccc2)cc1.O=C(O)C(F)(F)F. The lowest BCUT2D eigenvalue weighted by molar-refractivity contribution is -0.192. The Bertz CT molecular complexity index is 1490. The van der Waals surface area contributed by atoms with Crippen LogP contribution in [0.25, 0.3) is 0 Å². The summed E-state index contributed by atoms with van der Waals surface area (Å²) in [5.41, 5.74) is 3.37. The number of halogens is 3. The van der Waals surface area contributed by atoms with Gasteiger partial charge in [-0.2, -0.15) is 13.2 Å². The number of carbonyl (C=O) groups excluding carboxylic acids is 3. The van der Waals surface area contributed by atoms with Gasteiger partial charge < -0.3 is 25.8 Å². The minimum atomic E-state index is -5.08. The number of alkyl carbamates (subject to hydrolysis) is 1. The summed E-state index contributed by atoms with van der Waals surface area (Å²) in [5, 5.41) is 26.5. The van der Waals surface area contributed by atoms with Crippen LogP contribution in [0.15, 0.2) is 84.9 Å². The van der Waals surface area contributed by atoms with E-state index in [0.29, 0.717) is 12.0 Å². The zero-order valence-electron chi connectivity index (χ0n) is 24.8. The Hall–Kier alpha value is -5.24. The number of hydrogen-bond acceptors (Lipinski definition) is 7. The standard InChI is InChI=1S/C30H33N5O4.C2HF3O2/c1-20(34-29(37)26-16-25(18-32-26)23-10-6-3-7-11-23)28(36)33-17-21-12-14-24(15-13-21)27(31)35-30(38)39-19-22-8-4-2-5-9-22;3-2(4,5)1(6)7/h2-15,20,25-26,32H,16-19H2,1H3,(H,33,36)(H,34,37)(H2,31,35,38);(H,6,7)/t20-,25-,26+;/m0./s1. The number of nitrogens with one attached hydrogen (secondary N) is 5. The molecular weight excluding hydrogens is 607 g/mol. The Morgan fingerprint density at radius 1 is 0.957 bits per heavy atom. The van der Waals surface area contributed by atoms with Crippen LogP contribution in [-0.2, 0) is 32.3 Å². The highest BCUT2D eigenvalue weighted by molar-refractivity contribution is 6.04. The van der Waals surface area contributed by atoms with Crippen LogP contribution < -0.4 is 21.3 Å². The van der Waals surface area contributed by atoms with Gasteiger partial charge in [-0.25, -0.2) is 9.59 Å². The van der Waals surface area contributed by atoms with Crippen LogP contribution in [0.2, 0.25) is 0 Å². The Morgan fingerprint density at radius 2 is 1.54 bits per heavy atom. The van der Waals surface area contributed by atoms with Gasteiger partial charge >= 0.3 is 18.2 Å². The van der Waals surface area contributed by atoms with Gasteiger partial charge in [-0.05, 0) is 36.0 Å². The molecule has 0 aliphatic carbocycles. The molecule has 244 valence electrons. The number of alkyl halides is 3. The smallest absolute Gasteiger partial charge is 0.475 e. The number of hydrogen-bond donors (Lipinski definition) is 6. The first-order valence-corrected chi connectivity index (χ1v) is 14.2. The first-order valence-electron chi connectivity index (χ1n) is 14.2. The van der Waals surface area contributed by atoms with Crippen LogP contribution >= 0.6 is 0 Å². The first-order chi connectivity index (χ1) is 21.8. The number of carboxylic acids is 1. The summed E-state index contributed by atoms with van der Waals surface area (Å²) in [4.78, 5) is 46.2. The number of ether oxygens (including phenoxy) is 1. The van der Waals surface area contributed by atoms with Gasteiger partial charge in [0, 0.05) is 18.7 Å². The van der Waals surface area contributed by atoms with Crippen molar-refractivity contribution >= 4 is 29.7 Å². The van der Waals surface area contributed by atoms with Crippen LogP contribution in [0.5, 0.6) is 0 Å². The third kappa shape index (κ3) is 11.4. The molecule has 0 bridgehead atoms. The van der Waals surface area contributed by atoms with Crippen LogP contribution in [0, 0.1) is 5.41 Å². The fraction of sp³-hybridized carbons (Fsp3) is 0.281. The summed E-state index contributed by atoms with van der Waals surface area (Å²) >= 11 is 0. The number of benzene rings is 3. The number of amides is 3. The maximum atomic E-state index is 12.7. The van der Waals surface area contributed by atoms with Crippen molar-refractivity contribution in [3.8, 4) is 0 Å². The monoisotopic (exact) mass is 641 g/mol. The maximum absolute atomic E-state index is 12.7. The summed E-state index contributed by atoms with van der Waals surface area (Å²) in [5.74, 6) is -3.05. The van der Waals surface area contributed by atoms with Crippen molar-refractivity contribution in [3.05, 3.63) is 107 Å². The van der Waals surface area contributed by atoms with E-state index in [1.807, 2.05) is 48.5 Å². The molecule has 0 spiro atoms. The van der Waals surface area contributed by atoms with Gasteiger partial charge in [0.05, 0.1) is 6.04 Å². The van der Waals surface area contributed by atoms with Crippen molar-refractivity contribution in [1.29, 1.82) is 5.41 Å². The minimum absolute atomic E-state index is 0.0880. The van der Waals surface area contributed by atoms with Crippen molar-refractivity contribution < 1.29 is 42.2 Å². The van der Waals surface area contributed by atoms with E-state index < -0.39 is 24.3 Å². The quantitative estimate of drug-likeness (QED) is 0.152. The molecule has 1 aliphatic heterocycles. The minimum Gasteiger partial charge on any atom is -0.475 e. The highest BCUT2D eigenvalue weighted by Crippen LogP contribution is 2.25. The maximum Gasteiger partial charge on any atom is 0.490 e. The number of aliphatic carboxylic acids is 1. The molecule has 4 rings (SSSR count). The topological polar surface area (TPSA) is 170 Å². The van der Waals surface area contributed by atoms with Crippen molar-refractivity contribution in [2.24, 2.45) is 0 Å². The second-order valence-corrected chi connectivity index (χ2v) is 10.3. The highest BCUT2D eigenvalue weighted by atomic mass is 19.4. The lowest BCUT2D eigenvalue weighted by atomic mass is 9.96. The molecule has 1 saturated heterocycles. The fourth-order valence-electron chi connectivity index (χ4n) is 4.36. The Morgan fingerprint density at radius 3 is 2.13 bits per heavy atom. The molecule has 0 radical (unpaired) electrons. The molecule has 11 nitrogen and oxygen atoms in total.